The van der Waals surface area contributed by atoms with Crippen LogP contribution in [0.3, 0.4) is 0 Å². The molecule has 1 unspecified atom stereocenters. The maximum atomic E-state index is 5.99. The summed E-state index contributed by atoms with van der Waals surface area (Å²) < 4.78 is 10.2. The molecule has 0 N–H and O–H groups in total. The summed E-state index contributed by atoms with van der Waals surface area (Å²) >= 11 is 0. The number of hydrogen-bond acceptors (Lipinski definition) is 1. The Bertz CT molecular complexity index is 709. The molecule has 0 spiro atoms. The van der Waals surface area contributed by atoms with E-state index in [9.17, 15) is 0 Å². The van der Waals surface area contributed by atoms with Crippen LogP contribution in [0.4, 0.5) is 0 Å². The largest absolute Gasteiger partial charge is 0.451 e. The summed E-state index contributed by atoms with van der Waals surface area (Å²) in [6.45, 7) is 0. The lowest BCUT2D eigenvalue weighted by molar-refractivity contribution is -0.750. The maximum Gasteiger partial charge on any atom is 0.252 e. The fourth-order valence-corrected chi connectivity index (χ4v) is 2.62. The van der Waals surface area contributed by atoms with Gasteiger partial charge in [0.15, 0.2) is 0 Å². The van der Waals surface area contributed by atoms with E-state index in [1.54, 1.807) is 0 Å². The van der Waals surface area contributed by atoms with Gasteiger partial charge in [0.05, 0.1) is 6.42 Å². The first kappa shape index (κ1) is 11.3. The molecule has 0 fully saturated rings. The average Bonchev–Trinajstić information content (AvgIpc) is 3.14. The molecule has 1 atom stereocenters. The highest BCUT2D eigenvalue weighted by Crippen LogP contribution is 2.30. The van der Waals surface area contributed by atoms with Gasteiger partial charge in [-0.15, -0.1) is 0 Å². The number of rotatable bonds is 2. The van der Waals surface area contributed by atoms with Crippen LogP contribution in [-0.2, 0) is 6.42 Å². The number of aromatic nitrogens is 2. The molecule has 3 nitrogen and oxygen atoms in total. The van der Waals surface area contributed by atoms with Crippen LogP contribution in [0.2, 0.25) is 0 Å². The van der Waals surface area contributed by atoms with Gasteiger partial charge in [-0.3, -0.25) is 0 Å². The fraction of sp³-hybridized carbons (Fsp3) is 0.118. The third-order valence-corrected chi connectivity index (χ3v) is 3.67. The van der Waals surface area contributed by atoms with Gasteiger partial charge >= 0.3 is 0 Å². The highest BCUT2D eigenvalue weighted by atomic mass is 16.5. The molecule has 20 heavy (non-hydrogen) atoms. The van der Waals surface area contributed by atoms with Crippen LogP contribution in [0.1, 0.15) is 11.8 Å². The van der Waals surface area contributed by atoms with E-state index in [1.807, 2.05) is 30.3 Å². The summed E-state index contributed by atoms with van der Waals surface area (Å²) in [6.07, 6.45) is 7.16. The summed E-state index contributed by atoms with van der Waals surface area (Å²) in [4.78, 5) is 0. The zero-order chi connectivity index (χ0) is 13.4. The first-order valence-electron chi connectivity index (χ1n) is 6.79. The SMILES string of the molecule is c1ccc(-n2cc[n+](C3Cc4ccccc4O3)c2)cc1. The molecule has 3 aromatic rings. The van der Waals surface area contributed by atoms with Gasteiger partial charge in [0.1, 0.15) is 23.8 Å². The van der Waals surface area contributed by atoms with E-state index in [4.69, 9.17) is 4.74 Å². The van der Waals surface area contributed by atoms with Gasteiger partial charge in [-0.05, 0) is 18.2 Å². The van der Waals surface area contributed by atoms with Gasteiger partial charge in [0.25, 0.3) is 6.33 Å². The monoisotopic (exact) mass is 263 g/mol. The van der Waals surface area contributed by atoms with Gasteiger partial charge in [-0.1, -0.05) is 36.4 Å². The van der Waals surface area contributed by atoms with Crippen LogP contribution < -0.4 is 9.30 Å². The molecule has 98 valence electrons. The number of hydrogen-bond donors (Lipinski definition) is 0. The first-order chi connectivity index (χ1) is 9.90. The third-order valence-electron chi connectivity index (χ3n) is 3.67. The van der Waals surface area contributed by atoms with E-state index >= 15 is 0 Å². The lowest BCUT2D eigenvalue weighted by atomic mass is 10.1. The second-order valence-corrected chi connectivity index (χ2v) is 4.99. The Balaban J connectivity index is 1.61. The van der Waals surface area contributed by atoms with Crippen molar-refractivity contribution in [2.75, 3.05) is 0 Å². The van der Waals surface area contributed by atoms with Crippen molar-refractivity contribution in [1.82, 2.24) is 4.57 Å². The van der Waals surface area contributed by atoms with Crippen molar-refractivity contribution < 1.29 is 9.30 Å². The zero-order valence-corrected chi connectivity index (χ0v) is 11.0. The smallest absolute Gasteiger partial charge is 0.252 e. The van der Waals surface area contributed by atoms with Gasteiger partial charge in [0.2, 0.25) is 6.23 Å². The predicted octanol–water partition coefficient (Wildman–Crippen LogP) is 2.90. The Morgan fingerprint density at radius 2 is 1.80 bits per heavy atom. The zero-order valence-electron chi connectivity index (χ0n) is 11.0. The molecule has 2 heterocycles. The van der Waals surface area contributed by atoms with Crippen LogP contribution in [0.15, 0.2) is 73.3 Å². The number of ether oxygens (including phenoxy) is 1. The van der Waals surface area contributed by atoms with Gasteiger partial charge in [-0.2, -0.15) is 4.57 Å². The topological polar surface area (TPSA) is 18.0 Å². The molecule has 0 radical (unpaired) electrons. The summed E-state index contributed by atoms with van der Waals surface area (Å²) in [5.41, 5.74) is 2.43. The highest BCUT2D eigenvalue weighted by molar-refractivity contribution is 5.36. The molecule has 0 saturated carbocycles. The van der Waals surface area contributed by atoms with E-state index in [1.165, 1.54) is 5.56 Å². The predicted molar refractivity (Wildman–Crippen MR) is 75.8 cm³/mol. The van der Waals surface area contributed by atoms with Crippen LogP contribution in [0, 0.1) is 0 Å². The second kappa shape index (κ2) is 4.53. The van der Waals surface area contributed by atoms with Crippen molar-refractivity contribution in [3.8, 4) is 11.4 Å². The van der Waals surface area contributed by atoms with Crippen molar-refractivity contribution in [2.45, 2.75) is 12.6 Å². The molecule has 1 aliphatic heterocycles. The quantitative estimate of drug-likeness (QED) is 0.650. The van der Waals surface area contributed by atoms with Crippen LogP contribution in [0.5, 0.6) is 5.75 Å². The van der Waals surface area contributed by atoms with Gasteiger partial charge < -0.3 is 4.74 Å². The standard InChI is InChI=1S/C17H15N2O/c1-2-7-15(8-3-1)18-10-11-19(13-18)17-12-14-6-4-5-9-16(14)20-17/h1-11,13,17H,12H2/q+1. The Hall–Kier alpha value is -2.55. The van der Waals surface area contributed by atoms with Crippen molar-refractivity contribution >= 4 is 0 Å². The molecule has 1 aromatic heterocycles. The first-order valence-corrected chi connectivity index (χ1v) is 6.79. The van der Waals surface area contributed by atoms with Gasteiger partial charge in [-0.25, -0.2) is 4.57 Å². The molecular formula is C17H15N2O+. The summed E-state index contributed by atoms with van der Waals surface area (Å²) in [7, 11) is 0. The highest BCUT2D eigenvalue weighted by Gasteiger charge is 2.27. The molecule has 3 heteroatoms. The average molecular weight is 263 g/mol. The lowest BCUT2D eigenvalue weighted by Gasteiger charge is -2.05. The Labute approximate surface area is 117 Å². The van der Waals surface area contributed by atoms with Crippen molar-refractivity contribution in [2.24, 2.45) is 0 Å². The fourth-order valence-electron chi connectivity index (χ4n) is 2.62. The van der Waals surface area contributed by atoms with E-state index in [-0.39, 0.29) is 6.23 Å². The normalized spacial score (nSPS) is 16.7. The van der Waals surface area contributed by atoms with Crippen molar-refractivity contribution in [1.29, 1.82) is 0 Å². The minimum Gasteiger partial charge on any atom is -0.451 e. The molecule has 0 saturated heterocycles. The number of benzene rings is 2. The summed E-state index contributed by atoms with van der Waals surface area (Å²) in [5, 5.41) is 0. The van der Waals surface area contributed by atoms with Crippen molar-refractivity contribution in [3.05, 3.63) is 78.9 Å². The number of nitrogens with zero attached hydrogens (tertiary/aromatic N) is 2. The molecule has 0 amide bonds. The maximum absolute atomic E-state index is 5.99. The van der Waals surface area contributed by atoms with E-state index < -0.39 is 0 Å². The molecular weight excluding hydrogens is 248 g/mol. The molecule has 4 rings (SSSR count). The van der Waals surface area contributed by atoms with E-state index in [0.29, 0.717) is 0 Å². The minimum absolute atomic E-state index is 0.0531. The number of fused-ring (bicyclic) bond motifs is 1. The van der Waals surface area contributed by atoms with Crippen molar-refractivity contribution in [3.63, 3.8) is 0 Å². The summed E-state index contributed by atoms with van der Waals surface area (Å²) in [5.74, 6) is 0.998. The van der Waals surface area contributed by atoms with E-state index in [0.717, 1.165) is 17.9 Å². The molecule has 0 bridgehead atoms. The lowest BCUT2D eigenvalue weighted by Crippen LogP contribution is -2.40. The van der Waals surface area contributed by atoms with E-state index in [2.05, 4.69) is 52.1 Å². The minimum atomic E-state index is 0.0531. The number of imidazole rings is 1. The third kappa shape index (κ3) is 1.88. The summed E-state index contributed by atoms with van der Waals surface area (Å²) in [6, 6.07) is 18.5. The van der Waals surface area contributed by atoms with Crippen LogP contribution in [-0.4, -0.2) is 4.57 Å². The second-order valence-electron chi connectivity index (χ2n) is 4.99. The van der Waals surface area contributed by atoms with Crippen LogP contribution in [0.25, 0.3) is 5.69 Å². The number of para-hydroxylation sites is 2. The Morgan fingerprint density at radius 3 is 2.65 bits per heavy atom. The molecule has 1 aliphatic rings. The molecule has 0 aliphatic carbocycles. The Kier molecular flexibility index (Phi) is 2.56. The molecule has 2 aromatic carbocycles. The van der Waals surface area contributed by atoms with Gasteiger partial charge in [0, 0.05) is 5.56 Å². The van der Waals surface area contributed by atoms with Crippen LogP contribution >= 0.6 is 0 Å². The Morgan fingerprint density at radius 1 is 1.00 bits per heavy atom.